The highest BCUT2D eigenvalue weighted by atomic mass is 35.5. The Bertz CT molecular complexity index is 1040. The molecule has 3 rings (SSSR count). The van der Waals surface area contributed by atoms with Crippen LogP contribution < -0.4 is 5.32 Å². The predicted octanol–water partition coefficient (Wildman–Crippen LogP) is 6.60. The van der Waals surface area contributed by atoms with Gasteiger partial charge >= 0.3 is 6.18 Å². The maximum atomic E-state index is 13.7. The fourth-order valence-electron chi connectivity index (χ4n) is 3.42. The molecule has 0 spiro atoms. The minimum absolute atomic E-state index is 0.0673. The van der Waals surface area contributed by atoms with Gasteiger partial charge in [0.1, 0.15) is 0 Å². The van der Waals surface area contributed by atoms with Crippen LogP contribution in [0.2, 0.25) is 15.1 Å². The minimum atomic E-state index is -4.82. The van der Waals surface area contributed by atoms with Crippen molar-refractivity contribution in [2.45, 2.75) is 32.0 Å². The average molecular weight is 477 g/mol. The summed E-state index contributed by atoms with van der Waals surface area (Å²) < 4.78 is 41.0. The van der Waals surface area contributed by atoms with Gasteiger partial charge in [-0.3, -0.25) is 9.59 Å². The van der Waals surface area contributed by atoms with Gasteiger partial charge in [-0.2, -0.15) is 13.2 Å². The van der Waals surface area contributed by atoms with Crippen molar-refractivity contribution in [3.05, 3.63) is 73.7 Å². The summed E-state index contributed by atoms with van der Waals surface area (Å²) >= 11 is 17.5. The van der Waals surface area contributed by atoms with Crippen LogP contribution in [0, 0.1) is 0 Å². The molecule has 1 amide bonds. The lowest BCUT2D eigenvalue weighted by Gasteiger charge is -2.14. The molecule has 0 aromatic heterocycles. The van der Waals surface area contributed by atoms with Crippen molar-refractivity contribution >= 4 is 52.1 Å². The number of allylic oxidation sites excluding steroid dienone is 2. The number of amides is 1. The van der Waals surface area contributed by atoms with Gasteiger partial charge in [0.2, 0.25) is 5.91 Å². The fourth-order valence-corrected chi connectivity index (χ4v) is 4.02. The van der Waals surface area contributed by atoms with Gasteiger partial charge in [-0.25, -0.2) is 0 Å². The number of alkyl halides is 3. The molecule has 9 heteroatoms. The number of halogens is 6. The Hall–Kier alpha value is -2.02. The van der Waals surface area contributed by atoms with E-state index in [0.717, 1.165) is 23.3 Å². The third-order valence-electron chi connectivity index (χ3n) is 4.76. The lowest BCUT2D eigenvalue weighted by Crippen LogP contribution is -2.24. The van der Waals surface area contributed by atoms with E-state index >= 15 is 0 Å². The number of rotatable bonds is 4. The zero-order valence-corrected chi connectivity index (χ0v) is 17.8. The van der Waals surface area contributed by atoms with Gasteiger partial charge in [-0.1, -0.05) is 46.9 Å². The van der Waals surface area contributed by atoms with Gasteiger partial charge in [-0.05, 0) is 53.8 Å². The molecule has 2 aromatic carbocycles. The van der Waals surface area contributed by atoms with E-state index in [9.17, 15) is 22.8 Å². The molecule has 2 aromatic rings. The minimum Gasteiger partial charge on any atom is -0.350 e. The first-order valence-corrected chi connectivity index (χ1v) is 9.99. The van der Waals surface area contributed by atoms with Gasteiger partial charge in [0, 0.05) is 12.5 Å². The van der Waals surface area contributed by atoms with Crippen LogP contribution >= 0.6 is 34.8 Å². The topological polar surface area (TPSA) is 46.2 Å². The van der Waals surface area contributed by atoms with Crippen LogP contribution in [0.25, 0.3) is 5.57 Å². The number of hydrogen-bond donors (Lipinski definition) is 1. The number of aryl methyl sites for hydroxylation is 1. The first-order chi connectivity index (χ1) is 14.0. The first kappa shape index (κ1) is 22.7. The van der Waals surface area contributed by atoms with Crippen molar-refractivity contribution in [2.24, 2.45) is 0 Å². The number of carbonyl (C=O) groups is 2. The molecule has 0 saturated heterocycles. The number of nitrogens with one attached hydrogen (secondary N) is 1. The second kappa shape index (κ2) is 8.61. The Balaban J connectivity index is 1.98. The van der Waals surface area contributed by atoms with Crippen LogP contribution in [-0.2, 0) is 11.2 Å². The summed E-state index contributed by atoms with van der Waals surface area (Å²) in [4.78, 5) is 23.9. The second-order valence-corrected chi connectivity index (χ2v) is 8.07. The van der Waals surface area contributed by atoms with E-state index in [1.165, 1.54) is 13.0 Å². The largest absolute Gasteiger partial charge is 0.417 e. The molecule has 0 saturated carbocycles. The monoisotopic (exact) mass is 475 g/mol. The molecule has 1 unspecified atom stereocenters. The van der Waals surface area contributed by atoms with Crippen LogP contribution in [0.1, 0.15) is 46.4 Å². The summed E-state index contributed by atoms with van der Waals surface area (Å²) in [6.45, 7) is 1.41. The SMILES string of the molecule is CC(=O)NC1CCc2cc(C(=O)C=C(c3cc(Cl)c(Cl)c(Cl)c3)C(F)(F)F)ccc21. The molecule has 0 radical (unpaired) electrons. The van der Waals surface area contributed by atoms with Crippen LogP contribution in [0.5, 0.6) is 0 Å². The van der Waals surface area contributed by atoms with E-state index in [1.54, 1.807) is 12.1 Å². The third kappa shape index (κ3) is 4.82. The zero-order valence-electron chi connectivity index (χ0n) is 15.5. The van der Waals surface area contributed by atoms with Crippen molar-refractivity contribution in [3.8, 4) is 0 Å². The molecule has 1 aliphatic carbocycles. The van der Waals surface area contributed by atoms with Gasteiger partial charge in [-0.15, -0.1) is 0 Å². The summed E-state index contributed by atoms with van der Waals surface area (Å²) in [5.41, 5.74) is 0.258. The van der Waals surface area contributed by atoms with Crippen LogP contribution in [0.3, 0.4) is 0 Å². The van der Waals surface area contributed by atoms with E-state index in [0.29, 0.717) is 18.9 Å². The maximum absolute atomic E-state index is 13.7. The predicted molar refractivity (Wildman–Crippen MR) is 111 cm³/mol. The maximum Gasteiger partial charge on any atom is 0.417 e. The number of benzene rings is 2. The Kier molecular flexibility index (Phi) is 6.51. The lowest BCUT2D eigenvalue weighted by molar-refractivity contribution is -0.119. The highest BCUT2D eigenvalue weighted by Gasteiger charge is 2.36. The standard InChI is InChI=1S/C21H15Cl3F3NO2/c1-10(29)28-18-5-3-11-6-12(2-4-14(11)18)19(30)9-15(21(25,26)27)13-7-16(22)20(24)17(23)8-13/h2,4,6-9,18H,3,5H2,1H3,(H,28,29). The van der Waals surface area contributed by atoms with Crippen molar-refractivity contribution in [3.63, 3.8) is 0 Å². The molecule has 1 atom stereocenters. The fraction of sp³-hybridized carbons (Fsp3) is 0.238. The Morgan fingerprint density at radius 1 is 1.07 bits per heavy atom. The Labute approximate surface area is 185 Å². The molecular weight excluding hydrogens is 462 g/mol. The molecule has 0 fully saturated rings. The second-order valence-electron chi connectivity index (χ2n) is 6.88. The third-order valence-corrected chi connectivity index (χ3v) is 5.96. The van der Waals surface area contributed by atoms with E-state index in [1.807, 2.05) is 0 Å². The van der Waals surface area contributed by atoms with E-state index in [-0.39, 0.29) is 38.1 Å². The van der Waals surface area contributed by atoms with E-state index in [2.05, 4.69) is 5.32 Å². The van der Waals surface area contributed by atoms with Gasteiger partial charge < -0.3 is 5.32 Å². The Morgan fingerprint density at radius 3 is 2.27 bits per heavy atom. The average Bonchev–Trinajstić information content (AvgIpc) is 3.04. The normalized spacial score (nSPS) is 16.4. The molecule has 1 N–H and O–H groups in total. The van der Waals surface area contributed by atoms with Crippen molar-refractivity contribution in [2.75, 3.05) is 0 Å². The molecule has 0 bridgehead atoms. The molecule has 1 aliphatic rings. The number of ketones is 1. The number of carbonyl (C=O) groups excluding carboxylic acids is 2. The van der Waals surface area contributed by atoms with Crippen molar-refractivity contribution in [1.82, 2.24) is 5.32 Å². The van der Waals surface area contributed by atoms with Crippen molar-refractivity contribution in [1.29, 1.82) is 0 Å². The first-order valence-electron chi connectivity index (χ1n) is 8.85. The summed E-state index contributed by atoms with van der Waals surface area (Å²) in [6.07, 6.45) is -3.02. The van der Waals surface area contributed by atoms with Gasteiger partial charge in [0.15, 0.2) is 5.78 Å². The molecule has 30 heavy (non-hydrogen) atoms. The molecule has 0 aliphatic heterocycles. The molecule has 0 heterocycles. The lowest BCUT2D eigenvalue weighted by atomic mass is 9.98. The van der Waals surface area contributed by atoms with E-state index < -0.39 is 17.5 Å². The van der Waals surface area contributed by atoms with Crippen LogP contribution in [0.4, 0.5) is 13.2 Å². The molecule has 3 nitrogen and oxygen atoms in total. The quantitative estimate of drug-likeness (QED) is 0.307. The molecule has 158 valence electrons. The number of fused-ring (bicyclic) bond motifs is 1. The van der Waals surface area contributed by atoms with Gasteiger partial charge in [0.25, 0.3) is 0 Å². The highest BCUT2D eigenvalue weighted by Crippen LogP contribution is 2.40. The zero-order chi connectivity index (χ0) is 22.2. The smallest absolute Gasteiger partial charge is 0.350 e. The number of hydrogen-bond acceptors (Lipinski definition) is 2. The van der Waals surface area contributed by atoms with Crippen LogP contribution in [-0.4, -0.2) is 17.9 Å². The Morgan fingerprint density at radius 2 is 1.70 bits per heavy atom. The summed E-state index contributed by atoms with van der Waals surface area (Å²) in [6, 6.07) is 6.54. The summed E-state index contributed by atoms with van der Waals surface area (Å²) in [5, 5.41) is 2.45. The van der Waals surface area contributed by atoms with Crippen LogP contribution in [0.15, 0.2) is 36.4 Å². The van der Waals surface area contributed by atoms with Gasteiger partial charge in [0.05, 0.1) is 26.7 Å². The highest BCUT2D eigenvalue weighted by molar-refractivity contribution is 6.48. The summed E-state index contributed by atoms with van der Waals surface area (Å²) in [5.74, 6) is -0.985. The van der Waals surface area contributed by atoms with E-state index in [4.69, 9.17) is 34.8 Å². The molecular formula is C21H15Cl3F3NO2. The van der Waals surface area contributed by atoms with Crippen molar-refractivity contribution < 1.29 is 22.8 Å². The summed E-state index contributed by atoms with van der Waals surface area (Å²) in [7, 11) is 0.